The molecular weight excluding hydrogens is 715 g/mol. The highest BCUT2D eigenvalue weighted by molar-refractivity contribution is 7.91. The van der Waals surface area contributed by atoms with Crippen LogP contribution in [0, 0.1) is 57.7 Å². The molecule has 10 heteroatoms. The van der Waals surface area contributed by atoms with E-state index >= 15 is 0 Å². The summed E-state index contributed by atoms with van der Waals surface area (Å²) in [4.78, 5) is 16.1. The quantitative estimate of drug-likeness (QED) is 0.257. The van der Waals surface area contributed by atoms with Crippen molar-refractivity contribution in [3.05, 3.63) is 34.2 Å². The Morgan fingerprint density at radius 3 is 2.41 bits per heavy atom. The monoisotopic (exact) mass is 781 g/mol. The Morgan fingerprint density at radius 2 is 1.72 bits per heavy atom. The molecule has 1 aromatic rings. The molecule has 300 valence electrons. The highest BCUT2D eigenvalue weighted by Gasteiger charge is 2.69. The second kappa shape index (κ2) is 13.7. The molecule has 6 aliphatic carbocycles. The van der Waals surface area contributed by atoms with Gasteiger partial charge in [0.05, 0.1) is 11.5 Å². The molecule has 8 rings (SSSR count). The Hall–Kier alpha value is -1.75. The first-order valence-corrected chi connectivity index (χ1v) is 23.9. The van der Waals surface area contributed by atoms with E-state index in [1.54, 1.807) is 0 Å². The van der Waals surface area contributed by atoms with Crippen molar-refractivity contribution in [2.24, 2.45) is 50.7 Å². The van der Waals surface area contributed by atoms with Gasteiger partial charge >= 0.3 is 5.97 Å². The van der Waals surface area contributed by atoms with Crippen LogP contribution in [0.15, 0.2) is 29.4 Å². The molecule has 54 heavy (non-hydrogen) atoms. The van der Waals surface area contributed by atoms with Crippen LogP contribution in [0.4, 0.5) is 0 Å². The van der Waals surface area contributed by atoms with Gasteiger partial charge in [0, 0.05) is 42.7 Å². The minimum Gasteiger partial charge on any atom is -0.481 e. The van der Waals surface area contributed by atoms with Gasteiger partial charge in [0.15, 0.2) is 9.84 Å². The summed E-state index contributed by atoms with van der Waals surface area (Å²) in [6, 6.07) is 1.89. The average molecular weight is 782 g/mol. The topological polar surface area (TPSA) is 109 Å². The number of fused-ring (bicyclic) bond motifs is 7. The fraction of sp³-hybridized carbons (Fsp3) is 0.818. The van der Waals surface area contributed by atoms with Crippen LogP contribution in [-0.4, -0.2) is 78.6 Å². The number of hydrogen-bond acceptors (Lipinski definition) is 8. The maximum Gasteiger partial charge on any atom is 0.313 e. The molecular formula is C44H67N3O5S2. The molecule has 2 heterocycles. The molecule has 8 nitrogen and oxygen atoms in total. The Labute approximate surface area is 329 Å². The fourth-order valence-electron chi connectivity index (χ4n) is 14.6. The van der Waals surface area contributed by atoms with Crippen LogP contribution in [-0.2, 0) is 14.6 Å². The number of allylic oxidation sites excluding steroid dienone is 4. The molecule has 4 saturated carbocycles. The normalized spacial score (nSPS) is 42.8. The Bertz CT molecular complexity index is 1790. The second-order valence-electron chi connectivity index (χ2n) is 20.4. The third-order valence-electron chi connectivity index (χ3n) is 17.8. The van der Waals surface area contributed by atoms with Crippen LogP contribution >= 0.6 is 11.5 Å². The van der Waals surface area contributed by atoms with Crippen LogP contribution in [0.3, 0.4) is 0 Å². The van der Waals surface area contributed by atoms with Gasteiger partial charge in [-0.05, 0) is 152 Å². The van der Waals surface area contributed by atoms with E-state index in [0.29, 0.717) is 66.0 Å². The van der Waals surface area contributed by atoms with Crippen molar-refractivity contribution >= 4 is 27.3 Å². The third-order valence-corrected chi connectivity index (χ3v) is 20.1. The summed E-state index contributed by atoms with van der Waals surface area (Å²) >= 11 is 1.39. The van der Waals surface area contributed by atoms with Gasteiger partial charge in [-0.1, -0.05) is 53.2 Å². The average Bonchev–Trinajstić information content (AvgIpc) is 3.74. The summed E-state index contributed by atoms with van der Waals surface area (Å²) < 4.78 is 34.3. The van der Waals surface area contributed by atoms with Crippen LogP contribution in [0.5, 0.6) is 5.88 Å². The van der Waals surface area contributed by atoms with Crippen LogP contribution in [0.25, 0.3) is 0 Å². The first-order chi connectivity index (χ1) is 25.5. The zero-order chi connectivity index (χ0) is 38.4. The van der Waals surface area contributed by atoms with Crippen molar-refractivity contribution in [3.8, 4) is 5.88 Å². The van der Waals surface area contributed by atoms with E-state index in [1.807, 2.05) is 13.0 Å². The van der Waals surface area contributed by atoms with Gasteiger partial charge in [0.2, 0.25) is 5.88 Å². The molecule has 1 aromatic heterocycles. The van der Waals surface area contributed by atoms with E-state index in [9.17, 15) is 18.3 Å². The number of nitrogens with one attached hydrogen (secondary N) is 1. The van der Waals surface area contributed by atoms with Gasteiger partial charge in [-0.15, -0.1) is 0 Å². The van der Waals surface area contributed by atoms with E-state index in [1.165, 1.54) is 80.5 Å². The first-order valence-electron chi connectivity index (χ1n) is 21.3. The van der Waals surface area contributed by atoms with Crippen LogP contribution < -0.4 is 10.1 Å². The first kappa shape index (κ1) is 39.1. The number of nitrogens with zero attached hydrogens (tertiary/aromatic N) is 2. The summed E-state index contributed by atoms with van der Waals surface area (Å²) in [6.07, 6.45) is 19.7. The van der Waals surface area contributed by atoms with E-state index in [4.69, 9.17) is 4.74 Å². The van der Waals surface area contributed by atoms with Crippen molar-refractivity contribution < 1.29 is 23.1 Å². The summed E-state index contributed by atoms with van der Waals surface area (Å²) in [5.74, 6) is 3.19. The van der Waals surface area contributed by atoms with E-state index < -0.39 is 21.2 Å². The van der Waals surface area contributed by atoms with Gasteiger partial charge < -0.3 is 20.1 Å². The highest BCUT2D eigenvalue weighted by Crippen LogP contribution is 2.76. The molecule has 0 spiro atoms. The lowest BCUT2D eigenvalue weighted by Gasteiger charge is -2.72. The standard InChI is InChI=1S/C44H67N3O5S2/c1-30-28-37(46-53-30)52-29-43(38(48)49)18-11-31(12-19-43)32-13-16-40(4)35(39(32,2)3)14-17-42(6)36(40)10-9-33-34-8-7-15-44(34,21-20-41(33,42)5)45-22-23-47-24-26-54(50,51)27-25-47/h11,13,28,33-36,45H,7-10,12,14-27,29H2,1-6H3,(H,48,49)/t33-,34-,35?,36?,40+,41-,42-,43?,44+/m1/s1. The molecule has 0 amide bonds. The van der Waals surface area contributed by atoms with Gasteiger partial charge in [0.25, 0.3) is 0 Å². The number of ether oxygens (including phenoxy) is 1. The molecule has 0 aromatic carbocycles. The number of sulfone groups is 1. The van der Waals surface area contributed by atoms with Gasteiger partial charge in [0.1, 0.15) is 12.0 Å². The Balaban J connectivity index is 0.975. The summed E-state index contributed by atoms with van der Waals surface area (Å²) in [6.45, 7) is 18.6. The minimum atomic E-state index is -2.85. The predicted molar refractivity (Wildman–Crippen MR) is 216 cm³/mol. The molecule has 5 fully saturated rings. The van der Waals surface area contributed by atoms with Gasteiger partial charge in [-0.3, -0.25) is 4.79 Å². The largest absolute Gasteiger partial charge is 0.481 e. The molecule has 2 N–H and O–H groups in total. The zero-order valence-electron chi connectivity index (χ0n) is 34.0. The molecule has 3 unspecified atom stereocenters. The second-order valence-corrected chi connectivity index (χ2v) is 23.7. The SMILES string of the molecule is Cc1cc(OCC2(C(=O)O)CC=C(C3=CC[C@@]4(C)C(CC[C@]5(C)C4CC[C@@H]4[C@H]6CCC[C@]6(NCCN6CCS(=O)(=O)CC6)CC[C@]45C)C3(C)C)CC2)ns1. The molecule has 0 radical (unpaired) electrons. The maximum absolute atomic E-state index is 12.7. The van der Waals surface area contributed by atoms with Crippen molar-refractivity contribution in [1.29, 1.82) is 0 Å². The molecule has 1 saturated heterocycles. The van der Waals surface area contributed by atoms with Crippen LogP contribution in [0.1, 0.15) is 123 Å². The number of hydrogen-bond donors (Lipinski definition) is 2. The number of carboxylic acid groups (broad SMARTS) is 1. The molecule has 0 bridgehead atoms. The minimum absolute atomic E-state index is 0.0331. The van der Waals surface area contributed by atoms with Crippen molar-refractivity contribution in [1.82, 2.24) is 14.6 Å². The predicted octanol–water partition coefficient (Wildman–Crippen LogP) is 8.48. The lowest BCUT2D eigenvalue weighted by atomic mass is 9.33. The number of rotatable bonds is 9. The molecule has 7 aliphatic rings. The summed E-state index contributed by atoms with van der Waals surface area (Å²) in [7, 11) is -2.85. The van der Waals surface area contributed by atoms with E-state index in [2.05, 4.69) is 61.4 Å². The number of aryl methyl sites for hydroxylation is 1. The number of carboxylic acids is 1. The van der Waals surface area contributed by atoms with Crippen molar-refractivity contribution in [2.75, 3.05) is 44.3 Å². The number of carbonyl (C=O) groups is 1. The Morgan fingerprint density at radius 1 is 0.944 bits per heavy atom. The third kappa shape index (κ3) is 6.20. The van der Waals surface area contributed by atoms with Gasteiger partial charge in [-0.2, -0.15) is 4.37 Å². The van der Waals surface area contributed by atoms with Crippen molar-refractivity contribution in [2.45, 2.75) is 131 Å². The lowest BCUT2D eigenvalue weighted by molar-refractivity contribution is -0.218. The zero-order valence-corrected chi connectivity index (χ0v) is 35.6. The number of aromatic nitrogens is 1. The molecule has 1 aliphatic heterocycles. The summed E-state index contributed by atoms with van der Waals surface area (Å²) in [5.41, 5.74) is 3.12. The Kier molecular flexibility index (Phi) is 9.91. The number of aliphatic carboxylic acids is 1. The van der Waals surface area contributed by atoms with Crippen molar-refractivity contribution in [3.63, 3.8) is 0 Å². The van der Waals surface area contributed by atoms with Gasteiger partial charge in [-0.25, -0.2) is 8.42 Å². The van der Waals surface area contributed by atoms with E-state index in [-0.39, 0.29) is 23.0 Å². The van der Waals surface area contributed by atoms with Crippen LogP contribution in [0.2, 0.25) is 0 Å². The lowest BCUT2D eigenvalue weighted by Crippen LogP contribution is -2.67. The van der Waals surface area contributed by atoms with E-state index in [0.717, 1.165) is 42.6 Å². The molecule has 9 atom stereocenters. The summed E-state index contributed by atoms with van der Waals surface area (Å²) in [5, 5.41) is 14.6. The smallest absolute Gasteiger partial charge is 0.313 e. The fourth-order valence-corrected chi connectivity index (χ4v) is 16.4. The highest BCUT2D eigenvalue weighted by atomic mass is 32.2. The maximum atomic E-state index is 12.7.